The van der Waals surface area contributed by atoms with Crippen LogP contribution in [0.15, 0.2) is 30.9 Å². The number of amides is 1. The predicted molar refractivity (Wildman–Crippen MR) is 99.0 cm³/mol. The fourth-order valence-corrected chi connectivity index (χ4v) is 3.20. The summed E-state index contributed by atoms with van der Waals surface area (Å²) in [5.41, 5.74) is 1.75. The lowest BCUT2D eigenvalue weighted by atomic mass is 10.2. The Morgan fingerprint density at radius 3 is 3.08 bits per heavy atom. The number of carbonyl (C=O) groups is 1. The summed E-state index contributed by atoms with van der Waals surface area (Å²) in [5.74, 6) is 1.44. The maximum atomic E-state index is 12.4. The molecule has 6 heteroatoms. The predicted octanol–water partition coefficient (Wildman–Crippen LogP) is 2.61. The van der Waals surface area contributed by atoms with Gasteiger partial charge in [0.25, 0.3) is 0 Å². The van der Waals surface area contributed by atoms with Crippen molar-refractivity contribution < 1.29 is 9.53 Å². The second kappa shape index (κ2) is 7.51. The molecule has 0 bridgehead atoms. The molecule has 2 heterocycles. The molecule has 2 aromatic rings. The molecule has 3 rings (SSSR count). The number of aryl methyl sites for hydroxylation is 1. The molecule has 0 aliphatic carbocycles. The van der Waals surface area contributed by atoms with Gasteiger partial charge < -0.3 is 15.0 Å². The summed E-state index contributed by atoms with van der Waals surface area (Å²) in [5, 5.41) is 3.85. The summed E-state index contributed by atoms with van der Waals surface area (Å²) in [6.07, 6.45) is 3.45. The number of benzene rings is 1. The number of nitrogens with zero attached hydrogens (tertiary/aromatic N) is 3. The van der Waals surface area contributed by atoms with Crippen LogP contribution in [0.1, 0.15) is 25.5 Å². The van der Waals surface area contributed by atoms with Crippen molar-refractivity contribution in [3.05, 3.63) is 36.5 Å². The van der Waals surface area contributed by atoms with Crippen LogP contribution in [0.3, 0.4) is 0 Å². The van der Waals surface area contributed by atoms with Gasteiger partial charge in [-0.1, -0.05) is 6.08 Å². The van der Waals surface area contributed by atoms with E-state index < -0.39 is 0 Å². The smallest absolute Gasteiger partial charge is 0.243 e. The lowest BCUT2D eigenvalue weighted by Gasteiger charge is -2.24. The van der Waals surface area contributed by atoms with Crippen LogP contribution in [-0.4, -0.2) is 41.6 Å². The van der Waals surface area contributed by atoms with Crippen LogP contribution in [0.4, 0.5) is 5.95 Å². The lowest BCUT2D eigenvalue weighted by molar-refractivity contribution is -0.122. The molecule has 1 aliphatic rings. The van der Waals surface area contributed by atoms with Gasteiger partial charge in [0, 0.05) is 18.5 Å². The molecule has 1 N–H and O–H groups in total. The van der Waals surface area contributed by atoms with Gasteiger partial charge in [-0.25, -0.2) is 9.97 Å². The fraction of sp³-hybridized carbons (Fsp3) is 0.421. The Balaban J connectivity index is 1.91. The Bertz CT molecular complexity index is 790. The standard InChI is InChI=1S/C19H24N4O2/c1-4-10-20-18(24)17-7-6-11-23(17)19-21-13(3)15-12-14(25-5-2)8-9-16(15)22-19/h4,8-9,12,17H,1,5-7,10-11H2,2-3H3,(H,20,24)/t17-/m1/s1. The minimum Gasteiger partial charge on any atom is -0.494 e. The van der Waals surface area contributed by atoms with Crippen LogP contribution in [-0.2, 0) is 4.79 Å². The number of anilines is 1. The average Bonchev–Trinajstić information content (AvgIpc) is 3.10. The third kappa shape index (κ3) is 3.57. The van der Waals surface area contributed by atoms with Crippen molar-refractivity contribution in [2.45, 2.75) is 32.7 Å². The number of nitrogens with one attached hydrogen (secondary N) is 1. The molecule has 1 fully saturated rings. The monoisotopic (exact) mass is 340 g/mol. The highest BCUT2D eigenvalue weighted by molar-refractivity contribution is 5.87. The molecular weight excluding hydrogens is 316 g/mol. The highest BCUT2D eigenvalue weighted by atomic mass is 16.5. The Labute approximate surface area is 147 Å². The van der Waals surface area contributed by atoms with E-state index in [1.165, 1.54) is 0 Å². The Morgan fingerprint density at radius 2 is 2.32 bits per heavy atom. The molecule has 1 aromatic carbocycles. The Hall–Kier alpha value is -2.63. The van der Waals surface area contributed by atoms with E-state index in [9.17, 15) is 4.79 Å². The minimum atomic E-state index is -0.223. The van der Waals surface area contributed by atoms with Gasteiger partial charge in [-0.15, -0.1) is 6.58 Å². The second-order valence-electron chi connectivity index (χ2n) is 6.11. The molecule has 132 valence electrons. The first-order valence-corrected chi connectivity index (χ1v) is 8.70. The van der Waals surface area contributed by atoms with Gasteiger partial charge in [-0.2, -0.15) is 0 Å². The summed E-state index contributed by atoms with van der Waals surface area (Å²) >= 11 is 0. The minimum absolute atomic E-state index is 0.00504. The SMILES string of the molecule is C=CCNC(=O)[C@H]1CCCN1c1nc(C)c2cc(OCC)ccc2n1. The zero-order valence-corrected chi connectivity index (χ0v) is 14.8. The maximum Gasteiger partial charge on any atom is 0.243 e. The van der Waals surface area contributed by atoms with E-state index in [0.29, 0.717) is 19.1 Å². The van der Waals surface area contributed by atoms with Crippen molar-refractivity contribution in [1.29, 1.82) is 0 Å². The van der Waals surface area contributed by atoms with E-state index in [0.717, 1.165) is 41.7 Å². The number of fused-ring (bicyclic) bond motifs is 1. The van der Waals surface area contributed by atoms with Crippen LogP contribution >= 0.6 is 0 Å². The molecule has 1 aliphatic heterocycles. The van der Waals surface area contributed by atoms with E-state index in [1.54, 1.807) is 6.08 Å². The lowest BCUT2D eigenvalue weighted by Crippen LogP contribution is -2.44. The zero-order chi connectivity index (χ0) is 17.8. The van der Waals surface area contributed by atoms with Crippen LogP contribution < -0.4 is 15.0 Å². The summed E-state index contributed by atoms with van der Waals surface area (Å²) in [6.45, 7) is 9.45. The van der Waals surface area contributed by atoms with E-state index in [4.69, 9.17) is 9.72 Å². The van der Waals surface area contributed by atoms with Crippen molar-refractivity contribution in [3.63, 3.8) is 0 Å². The third-order valence-electron chi connectivity index (χ3n) is 4.39. The molecule has 0 radical (unpaired) electrons. The maximum absolute atomic E-state index is 12.4. The van der Waals surface area contributed by atoms with E-state index in [1.807, 2.05) is 36.9 Å². The van der Waals surface area contributed by atoms with Gasteiger partial charge in [0.05, 0.1) is 17.8 Å². The highest BCUT2D eigenvalue weighted by Gasteiger charge is 2.32. The van der Waals surface area contributed by atoms with E-state index >= 15 is 0 Å². The first kappa shape index (κ1) is 17.2. The third-order valence-corrected chi connectivity index (χ3v) is 4.39. The van der Waals surface area contributed by atoms with Gasteiger partial charge in [0.15, 0.2) is 0 Å². The van der Waals surface area contributed by atoms with Crippen LogP contribution in [0.5, 0.6) is 5.75 Å². The molecule has 1 saturated heterocycles. The van der Waals surface area contributed by atoms with Gasteiger partial charge >= 0.3 is 0 Å². The molecular formula is C19H24N4O2. The van der Waals surface area contributed by atoms with Crippen LogP contribution in [0.25, 0.3) is 10.9 Å². The van der Waals surface area contributed by atoms with Gasteiger partial charge in [0.2, 0.25) is 11.9 Å². The number of rotatable bonds is 6. The number of aromatic nitrogens is 2. The number of carbonyl (C=O) groups excluding carboxylic acids is 1. The quantitative estimate of drug-likeness (QED) is 0.819. The second-order valence-corrected chi connectivity index (χ2v) is 6.11. The van der Waals surface area contributed by atoms with Crippen molar-refractivity contribution in [3.8, 4) is 5.75 Å². The highest BCUT2D eigenvalue weighted by Crippen LogP contribution is 2.27. The molecule has 1 amide bonds. The van der Waals surface area contributed by atoms with Crippen LogP contribution in [0, 0.1) is 6.92 Å². The van der Waals surface area contributed by atoms with E-state index in [-0.39, 0.29) is 11.9 Å². The van der Waals surface area contributed by atoms with Gasteiger partial charge in [0.1, 0.15) is 11.8 Å². The van der Waals surface area contributed by atoms with Crippen molar-refractivity contribution in [2.24, 2.45) is 0 Å². The normalized spacial score (nSPS) is 16.9. The van der Waals surface area contributed by atoms with Crippen molar-refractivity contribution >= 4 is 22.8 Å². The number of ether oxygens (including phenoxy) is 1. The first-order valence-electron chi connectivity index (χ1n) is 8.70. The Morgan fingerprint density at radius 1 is 1.48 bits per heavy atom. The Kier molecular flexibility index (Phi) is 5.16. The summed E-state index contributed by atoms with van der Waals surface area (Å²) in [4.78, 5) is 23.7. The number of hydrogen-bond donors (Lipinski definition) is 1. The molecule has 0 saturated carbocycles. The van der Waals surface area contributed by atoms with Crippen molar-refractivity contribution in [1.82, 2.24) is 15.3 Å². The molecule has 0 spiro atoms. The summed E-state index contributed by atoms with van der Waals surface area (Å²) < 4.78 is 5.56. The largest absolute Gasteiger partial charge is 0.494 e. The molecule has 25 heavy (non-hydrogen) atoms. The van der Waals surface area contributed by atoms with Gasteiger partial charge in [-0.3, -0.25) is 4.79 Å². The van der Waals surface area contributed by atoms with Gasteiger partial charge in [-0.05, 0) is 44.9 Å². The number of hydrogen-bond acceptors (Lipinski definition) is 5. The fourth-order valence-electron chi connectivity index (χ4n) is 3.20. The average molecular weight is 340 g/mol. The molecule has 1 atom stereocenters. The first-order chi connectivity index (χ1) is 12.1. The summed E-state index contributed by atoms with van der Waals surface area (Å²) in [7, 11) is 0. The molecule has 6 nitrogen and oxygen atoms in total. The topological polar surface area (TPSA) is 67.4 Å². The molecule has 0 unspecified atom stereocenters. The van der Waals surface area contributed by atoms with Crippen molar-refractivity contribution in [2.75, 3.05) is 24.6 Å². The zero-order valence-electron chi connectivity index (χ0n) is 14.8. The van der Waals surface area contributed by atoms with Crippen LogP contribution in [0.2, 0.25) is 0 Å². The molecule has 1 aromatic heterocycles. The van der Waals surface area contributed by atoms with E-state index in [2.05, 4.69) is 16.9 Å². The summed E-state index contributed by atoms with van der Waals surface area (Å²) in [6, 6.07) is 5.61.